The monoisotopic (exact) mass is 278 g/mol. The predicted octanol–water partition coefficient (Wildman–Crippen LogP) is 4.00. The van der Waals surface area contributed by atoms with Crippen LogP contribution in [0.5, 0.6) is 0 Å². The first-order valence-electron chi connectivity index (χ1n) is 7.48. The third-order valence-electron chi connectivity index (χ3n) is 4.63. The Morgan fingerprint density at radius 3 is 2.60 bits per heavy atom. The number of hydrogen-bond acceptors (Lipinski definition) is 2. The molecule has 0 aliphatic heterocycles. The van der Waals surface area contributed by atoms with Crippen molar-refractivity contribution in [3.05, 3.63) is 24.3 Å². The molecule has 0 bridgehead atoms. The molecule has 3 unspecified atom stereocenters. The number of rotatable bonds is 4. The van der Waals surface area contributed by atoms with E-state index in [1.807, 2.05) is 0 Å². The van der Waals surface area contributed by atoms with Gasteiger partial charge in [-0.25, -0.2) is 0 Å². The first kappa shape index (κ1) is 16.7. The maximum Gasteiger partial charge on any atom is 0.306 e. The van der Waals surface area contributed by atoms with E-state index < -0.39 is 5.97 Å². The Morgan fingerprint density at radius 1 is 1.35 bits per heavy atom. The second kappa shape index (κ2) is 7.41. The van der Waals surface area contributed by atoms with Crippen LogP contribution in [-0.2, 0) is 9.59 Å². The summed E-state index contributed by atoms with van der Waals surface area (Å²) in [6, 6.07) is 0. The summed E-state index contributed by atoms with van der Waals surface area (Å²) in [6.45, 7) is 9.95. The fourth-order valence-electron chi connectivity index (χ4n) is 3.33. The Kier molecular flexibility index (Phi) is 6.18. The number of carbonyl (C=O) groups excluding carboxylic acids is 1. The van der Waals surface area contributed by atoms with Gasteiger partial charge in [-0.3, -0.25) is 9.59 Å². The lowest BCUT2D eigenvalue weighted by Gasteiger charge is -2.30. The Balaban J connectivity index is 0.000000956. The minimum atomic E-state index is -0.731. The number of carboxylic acids is 1. The number of hydrogen-bond donors (Lipinski definition) is 1. The summed E-state index contributed by atoms with van der Waals surface area (Å²) in [5.74, 6) is 0.118. The van der Waals surface area contributed by atoms with Crippen molar-refractivity contribution in [2.75, 3.05) is 0 Å². The highest BCUT2D eigenvalue weighted by atomic mass is 16.4. The van der Waals surface area contributed by atoms with Gasteiger partial charge in [-0.15, -0.1) is 13.2 Å². The number of Topliss-reactive ketones (excluding diaryl/α,β-unsaturated/α-hetero) is 1. The van der Waals surface area contributed by atoms with E-state index in [0.29, 0.717) is 30.5 Å². The minimum Gasteiger partial charge on any atom is -0.481 e. The highest BCUT2D eigenvalue weighted by Gasteiger charge is 2.35. The summed E-state index contributed by atoms with van der Waals surface area (Å²) in [5, 5.41) is 8.94. The molecule has 3 heteroatoms. The van der Waals surface area contributed by atoms with Crippen molar-refractivity contribution in [1.29, 1.82) is 0 Å². The standard InChI is InChI=1S/C15H22O3.C2H4/c1-9-3-5-11-6-8-13(16)14(11)12(9)7-4-10(2)15(17)18;1-2/h9-10,12H,3-8H2,1-2H3,(H,17,18);1-2H2. The largest absolute Gasteiger partial charge is 0.481 e. The van der Waals surface area contributed by atoms with Gasteiger partial charge in [0.25, 0.3) is 0 Å². The Hall–Kier alpha value is -1.38. The van der Waals surface area contributed by atoms with E-state index in [9.17, 15) is 9.59 Å². The molecule has 0 spiro atoms. The molecule has 0 saturated carbocycles. The molecule has 1 N–H and O–H groups in total. The second-order valence-electron chi connectivity index (χ2n) is 5.88. The van der Waals surface area contributed by atoms with E-state index in [1.165, 1.54) is 5.57 Å². The Labute approximate surface area is 121 Å². The van der Waals surface area contributed by atoms with Gasteiger partial charge in [0.2, 0.25) is 0 Å². The molecule has 0 amide bonds. The van der Waals surface area contributed by atoms with Crippen LogP contribution in [0.4, 0.5) is 0 Å². The molecular formula is C17H26O3. The van der Waals surface area contributed by atoms with Crippen molar-refractivity contribution in [3.8, 4) is 0 Å². The molecule has 2 aliphatic carbocycles. The predicted molar refractivity (Wildman–Crippen MR) is 80.4 cm³/mol. The number of ketones is 1. The molecule has 0 radical (unpaired) electrons. The van der Waals surface area contributed by atoms with E-state index in [0.717, 1.165) is 31.3 Å². The highest BCUT2D eigenvalue weighted by Crippen LogP contribution is 2.43. The molecule has 0 fully saturated rings. The molecule has 2 rings (SSSR count). The van der Waals surface area contributed by atoms with Crippen LogP contribution in [0.15, 0.2) is 24.3 Å². The third kappa shape index (κ3) is 3.59. The summed E-state index contributed by atoms with van der Waals surface area (Å²) < 4.78 is 0. The summed E-state index contributed by atoms with van der Waals surface area (Å²) in [5.41, 5.74) is 2.44. The molecular weight excluding hydrogens is 252 g/mol. The number of aliphatic carboxylic acids is 1. The van der Waals surface area contributed by atoms with Gasteiger partial charge < -0.3 is 5.11 Å². The fraction of sp³-hybridized carbons (Fsp3) is 0.647. The zero-order valence-corrected chi connectivity index (χ0v) is 12.7. The van der Waals surface area contributed by atoms with Gasteiger partial charge in [-0.05, 0) is 49.5 Å². The van der Waals surface area contributed by atoms with Crippen LogP contribution in [0.2, 0.25) is 0 Å². The van der Waals surface area contributed by atoms with E-state index in [1.54, 1.807) is 6.92 Å². The zero-order chi connectivity index (χ0) is 15.3. The Morgan fingerprint density at radius 2 is 2.00 bits per heavy atom. The lowest BCUT2D eigenvalue weighted by molar-refractivity contribution is -0.141. The van der Waals surface area contributed by atoms with Crippen LogP contribution in [0.1, 0.15) is 52.4 Å². The summed E-state index contributed by atoms with van der Waals surface area (Å²) >= 11 is 0. The van der Waals surface area contributed by atoms with Gasteiger partial charge in [-0.2, -0.15) is 0 Å². The third-order valence-corrected chi connectivity index (χ3v) is 4.63. The maximum atomic E-state index is 12.0. The van der Waals surface area contributed by atoms with E-state index >= 15 is 0 Å². The average Bonchev–Trinajstić information content (AvgIpc) is 2.81. The quantitative estimate of drug-likeness (QED) is 0.791. The maximum absolute atomic E-state index is 12.0. The summed E-state index contributed by atoms with van der Waals surface area (Å²) in [6.07, 6.45) is 5.38. The van der Waals surface area contributed by atoms with Gasteiger partial charge >= 0.3 is 5.97 Å². The van der Waals surface area contributed by atoms with E-state index in [-0.39, 0.29) is 5.92 Å². The molecule has 0 heterocycles. The smallest absolute Gasteiger partial charge is 0.306 e. The van der Waals surface area contributed by atoms with E-state index in [4.69, 9.17) is 5.11 Å². The van der Waals surface area contributed by atoms with E-state index in [2.05, 4.69) is 20.1 Å². The molecule has 0 aromatic rings. The number of allylic oxidation sites excluding steroid dienone is 2. The molecule has 0 aromatic heterocycles. The second-order valence-corrected chi connectivity index (χ2v) is 5.88. The van der Waals surface area contributed by atoms with Crippen molar-refractivity contribution in [1.82, 2.24) is 0 Å². The molecule has 112 valence electrons. The first-order chi connectivity index (χ1) is 9.50. The number of carbonyl (C=O) groups is 2. The lowest BCUT2D eigenvalue weighted by Crippen LogP contribution is -2.24. The molecule has 0 aromatic carbocycles. The topological polar surface area (TPSA) is 54.4 Å². The van der Waals surface area contributed by atoms with Gasteiger partial charge in [0, 0.05) is 6.42 Å². The highest BCUT2D eigenvalue weighted by molar-refractivity contribution is 5.99. The first-order valence-corrected chi connectivity index (χ1v) is 7.48. The number of carboxylic acid groups (broad SMARTS) is 1. The van der Waals surface area contributed by atoms with Crippen molar-refractivity contribution in [3.63, 3.8) is 0 Å². The molecule has 0 saturated heterocycles. The molecule has 2 aliphatic rings. The van der Waals surface area contributed by atoms with Crippen molar-refractivity contribution >= 4 is 11.8 Å². The zero-order valence-electron chi connectivity index (χ0n) is 12.7. The lowest BCUT2D eigenvalue weighted by atomic mass is 9.73. The molecule has 3 nitrogen and oxygen atoms in total. The van der Waals surface area contributed by atoms with Crippen molar-refractivity contribution in [2.24, 2.45) is 17.8 Å². The molecule has 20 heavy (non-hydrogen) atoms. The van der Waals surface area contributed by atoms with Gasteiger partial charge in [-0.1, -0.05) is 19.4 Å². The Bertz CT molecular complexity index is 408. The van der Waals surface area contributed by atoms with Crippen molar-refractivity contribution < 1.29 is 14.7 Å². The van der Waals surface area contributed by atoms with Crippen LogP contribution in [-0.4, -0.2) is 16.9 Å². The van der Waals surface area contributed by atoms with Gasteiger partial charge in [0.05, 0.1) is 5.92 Å². The summed E-state index contributed by atoms with van der Waals surface area (Å²) in [7, 11) is 0. The van der Waals surface area contributed by atoms with Crippen LogP contribution in [0, 0.1) is 17.8 Å². The van der Waals surface area contributed by atoms with Gasteiger partial charge in [0.1, 0.15) is 0 Å². The van der Waals surface area contributed by atoms with Crippen LogP contribution < -0.4 is 0 Å². The summed E-state index contributed by atoms with van der Waals surface area (Å²) in [4.78, 5) is 22.8. The minimum absolute atomic E-state index is 0.306. The van der Waals surface area contributed by atoms with Crippen LogP contribution >= 0.6 is 0 Å². The van der Waals surface area contributed by atoms with Gasteiger partial charge in [0.15, 0.2) is 5.78 Å². The average molecular weight is 278 g/mol. The fourth-order valence-corrected chi connectivity index (χ4v) is 3.33. The van der Waals surface area contributed by atoms with Crippen LogP contribution in [0.25, 0.3) is 0 Å². The van der Waals surface area contributed by atoms with Crippen LogP contribution in [0.3, 0.4) is 0 Å². The SMILES string of the molecule is C=C.CC(CCC1C2=C(CCC2=O)CCC1C)C(=O)O. The van der Waals surface area contributed by atoms with Crippen molar-refractivity contribution in [2.45, 2.75) is 52.4 Å². The normalized spacial score (nSPS) is 26.6. The molecule has 3 atom stereocenters.